The summed E-state index contributed by atoms with van der Waals surface area (Å²) in [6, 6.07) is 22.7. The lowest BCUT2D eigenvalue weighted by Gasteiger charge is -2.22. The SMILES string of the molecule is CC(C)(C)c1ccccc1Oc1ccc(C=Cc2cc(-c3ccc(F)cc3)ccc2C(=O)O)cc1[N+](=O)[O-]. The van der Waals surface area contributed by atoms with Crippen LogP contribution in [0.15, 0.2) is 84.9 Å². The first-order valence-corrected chi connectivity index (χ1v) is 11.9. The van der Waals surface area contributed by atoms with Crippen molar-refractivity contribution in [3.63, 3.8) is 0 Å². The van der Waals surface area contributed by atoms with E-state index in [1.807, 2.05) is 39.0 Å². The number of carboxylic acid groups (broad SMARTS) is 1. The van der Waals surface area contributed by atoms with Crippen molar-refractivity contribution in [2.75, 3.05) is 0 Å². The molecule has 4 rings (SSSR count). The molecule has 0 bridgehead atoms. The quantitative estimate of drug-likeness (QED) is 0.153. The molecule has 0 saturated heterocycles. The van der Waals surface area contributed by atoms with Crippen LogP contribution >= 0.6 is 0 Å². The molecule has 0 heterocycles. The Balaban J connectivity index is 1.69. The predicted molar refractivity (Wildman–Crippen MR) is 146 cm³/mol. The van der Waals surface area contributed by atoms with Gasteiger partial charge >= 0.3 is 11.7 Å². The van der Waals surface area contributed by atoms with E-state index in [1.54, 1.807) is 48.6 Å². The molecule has 0 amide bonds. The van der Waals surface area contributed by atoms with E-state index >= 15 is 0 Å². The number of nitrogens with zero attached hydrogens (tertiary/aromatic N) is 1. The number of ether oxygens (including phenoxy) is 1. The van der Waals surface area contributed by atoms with Gasteiger partial charge in [-0.25, -0.2) is 9.18 Å². The number of hydrogen-bond acceptors (Lipinski definition) is 4. The molecule has 4 aromatic rings. The molecule has 0 saturated carbocycles. The first-order chi connectivity index (χ1) is 18.0. The van der Waals surface area contributed by atoms with Gasteiger partial charge < -0.3 is 9.84 Å². The van der Waals surface area contributed by atoms with Crippen molar-refractivity contribution >= 4 is 23.8 Å². The molecule has 192 valence electrons. The number of benzene rings is 4. The molecular weight excluding hydrogens is 485 g/mol. The number of halogens is 1. The van der Waals surface area contributed by atoms with Crippen LogP contribution in [0.1, 0.15) is 47.8 Å². The van der Waals surface area contributed by atoms with Gasteiger partial charge in [-0.05, 0) is 64.1 Å². The molecule has 0 radical (unpaired) electrons. The number of para-hydroxylation sites is 1. The highest BCUT2D eigenvalue weighted by atomic mass is 19.1. The molecule has 1 N–H and O–H groups in total. The Labute approximate surface area is 219 Å². The standard InChI is InChI=1S/C31H26FNO5/c1-31(2,3)26-6-4-5-7-28(26)38-29-17-9-20(18-27(29)33(36)37)8-10-23-19-22(13-16-25(23)30(34)35)21-11-14-24(32)15-12-21/h4-19H,1-3H3,(H,34,35). The van der Waals surface area contributed by atoms with E-state index in [0.717, 1.165) is 11.1 Å². The Morgan fingerprint density at radius 1 is 0.895 bits per heavy atom. The molecule has 0 fully saturated rings. The normalized spacial score (nSPS) is 11.5. The van der Waals surface area contributed by atoms with Crippen molar-refractivity contribution in [3.8, 4) is 22.6 Å². The smallest absolute Gasteiger partial charge is 0.336 e. The number of carboxylic acids is 1. The van der Waals surface area contributed by atoms with Gasteiger partial charge in [0, 0.05) is 11.6 Å². The zero-order chi connectivity index (χ0) is 27.4. The molecule has 6 nitrogen and oxygen atoms in total. The third-order valence-corrected chi connectivity index (χ3v) is 6.01. The fourth-order valence-electron chi connectivity index (χ4n) is 4.06. The van der Waals surface area contributed by atoms with Gasteiger partial charge in [0.05, 0.1) is 10.5 Å². The highest BCUT2D eigenvalue weighted by Gasteiger charge is 2.22. The molecule has 0 spiro atoms. The molecule has 0 aliphatic heterocycles. The fraction of sp³-hybridized carbons (Fsp3) is 0.129. The Bertz CT molecular complexity index is 1540. The second kappa shape index (κ2) is 10.7. The zero-order valence-electron chi connectivity index (χ0n) is 21.1. The lowest BCUT2D eigenvalue weighted by Crippen LogP contribution is -2.12. The second-order valence-corrected chi connectivity index (χ2v) is 9.78. The third kappa shape index (κ3) is 5.95. The Morgan fingerprint density at radius 3 is 2.24 bits per heavy atom. The molecule has 0 aliphatic rings. The van der Waals surface area contributed by atoms with Gasteiger partial charge in [-0.15, -0.1) is 0 Å². The number of nitro benzene ring substituents is 1. The van der Waals surface area contributed by atoms with Gasteiger partial charge in [0.2, 0.25) is 5.75 Å². The number of aromatic carboxylic acids is 1. The Morgan fingerprint density at radius 2 is 1.58 bits per heavy atom. The van der Waals surface area contributed by atoms with Gasteiger partial charge in [-0.2, -0.15) is 0 Å². The minimum atomic E-state index is -1.11. The minimum Gasteiger partial charge on any atom is -0.478 e. The molecule has 38 heavy (non-hydrogen) atoms. The maximum absolute atomic E-state index is 13.3. The summed E-state index contributed by atoms with van der Waals surface area (Å²) in [5.41, 5.74) is 2.89. The number of hydrogen-bond donors (Lipinski definition) is 1. The average molecular weight is 512 g/mol. The van der Waals surface area contributed by atoms with Crippen molar-refractivity contribution in [3.05, 3.63) is 123 Å². The van der Waals surface area contributed by atoms with Crippen LogP contribution < -0.4 is 4.74 Å². The summed E-state index contributed by atoms with van der Waals surface area (Å²) in [5.74, 6) is -0.835. The fourth-order valence-corrected chi connectivity index (χ4v) is 4.06. The molecule has 4 aromatic carbocycles. The van der Waals surface area contributed by atoms with E-state index in [2.05, 4.69) is 0 Å². The molecule has 0 aliphatic carbocycles. The summed E-state index contributed by atoms with van der Waals surface area (Å²) in [7, 11) is 0. The van der Waals surface area contributed by atoms with Crippen LogP contribution in [0.4, 0.5) is 10.1 Å². The van der Waals surface area contributed by atoms with E-state index in [4.69, 9.17) is 4.74 Å². The maximum atomic E-state index is 13.3. The number of nitro groups is 1. The van der Waals surface area contributed by atoms with Crippen molar-refractivity contribution in [2.24, 2.45) is 0 Å². The van der Waals surface area contributed by atoms with Crippen LogP contribution in [0.2, 0.25) is 0 Å². The summed E-state index contributed by atoms with van der Waals surface area (Å²) in [6.07, 6.45) is 3.20. The van der Waals surface area contributed by atoms with Crippen molar-refractivity contribution in [1.82, 2.24) is 0 Å². The largest absolute Gasteiger partial charge is 0.478 e. The summed E-state index contributed by atoms with van der Waals surface area (Å²) in [4.78, 5) is 23.2. The van der Waals surface area contributed by atoms with Crippen molar-refractivity contribution in [1.29, 1.82) is 0 Å². The van der Waals surface area contributed by atoms with Gasteiger partial charge in [-0.3, -0.25) is 10.1 Å². The van der Waals surface area contributed by atoms with E-state index in [1.165, 1.54) is 30.3 Å². The van der Waals surface area contributed by atoms with Crippen LogP contribution in [0.5, 0.6) is 11.5 Å². The minimum absolute atomic E-state index is 0.0698. The highest BCUT2D eigenvalue weighted by Crippen LogP contribution is 2.38. The summed E-state index contributed by atoms with van der Waals surface area (Å²) in [5, 5.41) is 21.5. The van der Waals surface area contributed by atoms with Crippen LogP contribution in [-0.2, 0) is 5.41 Å². The predicted octanol–water partition coefficient (Wildman–Crippen LogP) is 8.36. The molecule has 7 heteroatoms. The third-order valence-electron chi connectivity index (χ3n) is 6.01. The lowest BCUT2D eigenvalue weighted by atomic mass is 9.86. The van der Waals surface area contributed by atoms with Crippen molar-refractivity contribution in [2.45, 2.75) is 26.2 Å². The first-order valence-electron chi connectivity index (χ1n) is 11.9. The molecule has 0 atom stereocenters. The lowest BCUT2D eigenvalue weighted by molar-refractivity contribution is -0.385. The van der Waals surface area contributed by atoms with Gasteiger partial charge in [-0.1, -0.05) is 75.4 Å². The summed E-state index contributed by atoms with van der Waals surface area (Å²) >= 11 is 0. The van der Waals surface area contributed by atoms with Crippen LogP contribution in [0, 0.1) is 15.9 Å². The molecule has 0 unspecified atom stereocenters. The maximum Gasteiger partial charge on any atom is 0.336 e. The van der Waals surface area contributed by atoms with Crippen LogP contribution in [0.25, 0.3) is 23.3 Å². The summed E-state index contributed by atoms with van der Waals surface area (Å²) < 4.78 is 19.3. The topological polar surface area (TPSA) is 89.7 Å². The van der Waals surface area contributed by atoms with E-state index < -0.39 is 10.9 Å². The number of carbonyl (C=O) groups is 1. The summed E-state index contributed by atoms with van der Waals surface area (Å²) in [6.45, 7) is 6.11. The van der Waals surface area contributed by atoms with E-state index in [-0.39, 0.29) is 28.2 Å². The Hall–Kier alpha value is -4.78. The Kier molecular flexibility index (Phi) is 7.39. The van der Waals surface area contributed by atoms with Crippen LogP contribution in [-0.4, -0.2) is 16.0 Å². The van der Waals surface area contributed by atoms with Gasteiger partial charge in [0.15, 0.2) is 0 Å². The van der Waals surface area contributed by atoms with Crippen molar-refractivity contribution < 1.29 is 24.0 Å². The van der Waals surface area contributed by atoms with Crippen LogP contribution in [0.3, 0.4) is 0 Å². The number of rotatable bonds is 7. The van der Waals surface area contributed by atoms with Gasteiger partial charge in [0.25, 0.3) is 0 Å². The second-order valence-electron chi connectivity index (χ2n) is 9.78. The molecular formula is C31H26FNO5. The van der Waals surface area contributed by atoms with E-state index in [0.29, 0.717) is 22.4 Å². The average Bonchev–Trinajstić information content (AvgIpc) is 2.88. The molecule has 0 aromatic heterocycles. The monoisotopic (exact) mass is 511 g/mol. The van der Waals surface area contributed by atoms with E-state index in [9.17, 15) is 24.4 Å². The zero-order valence-corrected chi connectivity index (χ0v) is 21.1. The van der Waals surface area contributed by atoms with Gasteiger partial charge in [0.1, 0.15) is 11.6 Å². The highest BCUT2D eigenvalue weighted by molar-refractivity contribution is 5.94. The first kappa shape index (κ1) is 26.3.